The van der Waals surface area contributed by atoms with Crippen LogP contribution in [0.15, 0.2) is 47.3 Å². The molecule has 2 aromatic carbocycles. The number of cyclic esters (lactones) is 1. The Labute approximate surface area is 174 Å². The van der Waals surface area contributed by atoms with Gasteiger partial charge in [0.2, 0.25) is 5.43 Å². The number of carbonyl (C=O) groups is 1. The third-order valence-corrected chi connectivity index (χ3v) is 4.58. The highest BCUT2D eigenvalue weighted by Gasteiger charge is 2.33. The first-order valence-electron chi connectivity index (χ1n) is 8.75. The Kier molecular flexibility index (Phi) is 6.40. The van der Waals surface area contributed by atoms with Gasteiger partial charge in [0.05, 0.1) is 30.2 Å². The van der Waals surface area contributed by atoms with E-state index in [2.05, 4.69) is 22.9 Å². The van der Waals surface area contributed by atoms with E-state index >= 15 is 0 Å². The maximum absolute atomic E-state index is 14.6. The summed E-state index contributed by atoms with van der Waals surface area (Å²) < 4.78 is 44.5. The van der Waals surface area contributed by atoms with E-state index in [1.54, 1.807) is 0 Å². The number of ether oxygens (including phenoxy) is 1. The number of halogens is 3. The summed E-state index contributed by atoms with van der Waals surface area (Å²) in [5.41, 5.74) is 6.05. The summed E-state index contributed by atoms with van der Waals surface area (Å²) in [6.45, 7) is -0.0344. The molecule has 4 N–H and O–H groups in total. The summed E-state index contributed by atoms with van der Waals surface area (Å²) in [5.74, 6) is -0.650. The molecule has 1 atom stereocenters. The number of nitrogens with zero attached hydrogens (tertiary/aromatic N) is 1. The smallest absolute Gasteiger partial charge is 0.414 e. The van der Waals surface area contributed by atoms with Crippen molar-refractivity contribution in [3.63, 3.8) is 0 Å². The number of thiocarbonyl (C=S) groups is 1. The topological polar surface area (TPSA) is 96.7 Å². The third kappa shape index (κ3) is 4.98. The summed E-state index contributed by atoms with van der Waals surface area (Å²) in [4.78, 5) is 24.2. The predicted octanol–water partition coefficient (Wildman–Crippen LogP) is 3.02. The summed E-state index contributed by atoms with van der Waals surface area (Å²) in [5, 5.41) is 5.17. The lowest BCUT2D eigenvalue weighted by Gasteiger charge is -2.15. The summed E-state index contributed by atoms with van der Waals surface area (Å²) >= 11 is 4.47. The zero-order valence-corrected chi connectivity index (χ0v) is 16.2. The summed E-state index contributed by atoms with van der Waals surface area (Å²) in [6, 6.07) is 9.73. The minimum atomic E-state index is -2.80. The maximum atomic E-state index is 14.6. The van der Waals surface area contributed by atoms with Gasteiger partial charge >= 0.3 is 6.09 Å². The van der Waals surface area contributed by atoms with E-state index < -0.39 is 29.4 Å². The van der Waals surface area contributed by atoms with Gasteiger partial charge in [0.25, 0.3) is 6.43 Å². The number of alkyl halides is 2. The average molecular weight is 438 g/mol. The third-order valence-electron chi connectivity index (χ3n) is 4.26. The highest BCUT2D eigenvalue weighted by atomic mass is 32.1. The van der Waals surface area contributed by atoms with Crippen molar-refractivity contribution in [2.75, 3.05) is 29.0 Å². The molecule has 0 aromatic heterocycles. The fourth-order valence-electron chi connectivity index (χ4n) is 2.72. The van der Waals surface area contributed by atoms with Crippen molar-refractivity contribution in [1.29, 1.82) is 0 Å². The van der Waals surface area contributed by atoms with Crippen LogP contribution in [0.4, 0.5) is 40.7 Å². The molecule has 0 aliphatic carbocycles. The van der Waals surface area contributed by atoms with Crippen LogP contribution in [0.25, 0.3) is 0 Å². The monoisotopic (exact) mass is 438 g/mol. The number of rotatable bonds is 6. The van der Waals surface area contributed by atoms with E-state index in [0.29, 0.717) is 5.69 Å². The standard InChI is InChI=1S/C19H17F3N4O3S/c20-13-7-11(26-9-12(29-19(26)28)8-24-18(30)17(21)22)3-5-15(13)25-10-1-4-14(23)16(27)6-2-10/h1-7,12,17,25H,8-9H2,(H2,23,27)(H,24,30)/t12-/m0/s1. The Morgan fingerprint density at radius 2 is 1.97 bits per heavy atom. The minimum Gasteiger partial charge on any atom is -0.442 e. The molecule has 1 aliphatic heterocycles. The molecule has 3 rings (SSSR count). The van der Waals surface area contributed by atoms with Gasteiger partial charge in [0, 0.05) is 5.69 Å². The molecule has 1 heterocycles. The van der Waals surface area contributed by atoms with E-state index in [9.17, 15) is 22.8 Å². The molecule has 1 fully saturated rings. The van der Waals surface area contributed by atoms with Gasteiger partial charge in [-0.1, -0.05) is 12.2 Å². The highest BCUT2D eigenvalue weighted by molar-refractivity contribution is 7.80. The van der Waals surface area contributed by atoms with Crippen molar-refractivity contribution in [3.05, 3.63) is 58.5 Å². The van der Waals surface area contributed by atoms with Crippen LogP contribution in [0.1, 0.15) is 0 Å². The fraction of sp³-hybridized carbons (Fsp3) is 0.211. The number of anilines is 4. The summed E-state index contributed by atoms with van der Waals surface area (Å²) in [6.07, 6.45) is -4.24. The quantitative estimate of drug-likeness (QED) is 0.597. The molecule has 30 heavy (non-hydrogen) atoms. The van der Waals surface area contributed by atoms with Crippen molar-refractivity contribution in [2.45, 2.75) is 12.5 Å². The number of nitrogens with two attached hydrogens (primary N) is 1. The van der Waals surface area contributed by atoms with Crippen LogP contribution in [0.3, 0.4) is 0 Å². The van der Waals surface area contributed by atoms with E-state index in [4.69, 9.17) is 10.5 Å². The van der Waals surface area contributed by atoms with Crippen molar-refractivity contribution in [1.82, 2.24) is 5.32 Å². The molecule has 0 radical (unpaired) electrons. The Morgan fingerprint density at radius 3 is 2.67 bits per heavy atom. The first-order valence-corrected chi connectivity index (χ1v) is 9.16. The second-order valence-electron chi connectivity index (χ2n) is 6.39. The van der Waals surface area contributed by atoms with Crippen LogP contribution < -0.4 is 26.7 Å². The van der Waals surface area contributed by atoms with Gasteiger partial charge in [-0.2, -0.15) is 0 Å². The molecule has 2 aromatic rings. The molecule has 0 saturated carbocycles. The number of carbonyl (C=O) groups excluding carboxylic acids is 1. The molecular formula is C19H17F3N4O3S. The van der Waals surface area contributed by atoms with Crippen molar-refractivity contribution in [2.24, 2.45) is 0 Å². The zero-order chi connectivity index (χ0) is 21.8. The fourth-order valence-corrected chi connectivity index (χ4v) is 2.80. The van der Waals surface area contributed by atoms with Gasteiger partial charge < -0.3 is 21.1 Å². The number of hydrogen-bond donors (Lipinski definition) is 3. The second kappa shape index (κ2) is 8.99. The molecule has 158 valence electrons. The highest BCUT2D eigenvalue weighted by Crippen LogP contribution is 2.27. The van der Waals surface area contributed by atoms with Crippen molar-refractivity contribution < 1.29 is 22.7 Å². The molecule has 11 heteroatoms. The molecule has 0 unspecified atom stereocenters. The van der Waals surface area contributed by atoms with Gasteiger partial charge in [-0.25, -0.2) is 18.0 Å². The first-order chi connectivity index (χ1) is 14.2. The van der Waals surface area contributed by atoms with Gasteiger partial charge in [-0.05, 0) is 42.5 Å². The number of benzene rings is 1. The van der Waals surface area contributed by atoms with Gasteiger partial charge in [-0.3, -0.25) is 9.69 Å². The summed E-state index contributed by atoms with van der Waals surface area (Å²) in [7, 11) is 0. The molecule has 0 bridgehead atoms. The van der Waals surface area contributed by atoms with Crippen LogP contribution in [-0.2, 0) is 4.74 Å². The molecule has 7 nitrogen and oxygen atoms in total. The first kappa shape index (κ1) is 21.4. The van der Waals surface area contributed by atoms with Crippen LogP contribution in [0, 0.1) is 5.82 Å². The Morgan fingerprint density at radius 1 is 1.23 bits per heavy atom. The Hall–Kier alpha value is -3.34. The lowest BCUT2D eigenvalue weighted by Crippen LogP contribution is -2.36. The molecular weight excluding hydrogens is 421 g/mol. The minimum absolute atomic E-state index is 0.0456. The second-order valence-corrected chi connectivity index (χ2v) is 6.83. The molecule has 1 amide bonds. The molecule has 0 spiro atoms. The van der Waals surface area contributed by atoms with E-state index in [1.165, 1.54) is 41.3 Å². The van der Waals surface area contributed by atoms with Crippen molar-refractivity contribution in [3.8, 4) is 0 Å². The normalized spacial score (nSPS) is 15.8. The van der Waals surface area contributed by atoms with Crippen molar-refractivity contribution >= 4 is 46.0 Å². The predicted molar refractivity (Wildman–Crippen MR) is 111 cm³/mol. The molecule has 1 saturated heterocycles. The number of hydrogen-bond acceptors (Lipinski definition) is 6. The zero-order valence-electron chi connectivity index (χ0n) is 15.4. The Bertz CT molecular complexity index is 1040. The van der Waals surface area contributed by atoms with Crippen LogP contribution in [0.5, 0.6) is 0 Å². The van der Waals surface area contributed by atoms with Crippen LogP contribution in [0.2, 0.25) is 0 Å². The van der Waals surface area contributed by atoms with E-state index in [0.717, 1.165) is 6.07 Å². The SMILES string of the molecule is Nc1ccc(Nc2ccc(N3C[C@H](CNC(=S)C(F)F)OC3=O)cc2F)ccc1=O. The Balaban J connectivity index is 1.69. The number of nitrogen functional groups attached to an aromatic ring is 1. The van der Waals surface area contributed by atoms with Gasteiger partial charge in [0.1, 0.15) is 16.9 Å². The lowest BCUT2D eigenvalue weighted by molar-refractivity contribution is 0.142. The number of nitrogens with one attached hydrogen (secondary N) is 2. The van der Waals surface area contributed by atoms with Crippen LogP contribution in [-0.4, -0.2) is 36.7 Å². The maximum Gasteiger partial charge on any atom is 0.414 e. The lowest BCUT2D eigenvalue weighted by atomic mass is 10.2. The van der Waals surface area contributed by atoms with E-state index in [-0.39, 0.29) is 35.6 Å². The van der Waals surface area contributed by atoms with Gasteiger partial charge in [-0.15, -0.1) is 0 Å². The largest absolute Gasteiger partial charge is 0.442 e. The van der Waals surface area contributed by atoms with E-state index in [1.807, 2.05) is 0 Å². The number of amides is 1. The van der Waals surface area contributed by atoms with Crippen LogP contribution >= 0.6 is 12.2 Å². The molecule has 1 aliphatic rings. The van der Waals surface area contributed by atoms with Gasteiger partial charge in [0.15, 0.2) is 0 Å². The average Bonchev–Trinajstić information content (AvgIpc) is 3.01.